The number of aromatic nitrogens is 1. The molecular formula is C16H28N2O. The monoisotopic (exact) mass is 264 g/mol. The smallest absolute Gasteiger partial charge is 0.190 e. The quantitative estimate of drug-likeness (QED) is 0.811. The molecule has 2 heterocycles. The molecule has 1 saturated heterocycles. The van der Waals surface area contributed by atoms with Crippen LogP contribution in [0.15, 0.2) is 12.3 Å². The Bertz CT molecular complexity index is 353. The summed E-state index contributed by atoms with van der Waals surface area (Å²) < 4.78 is 5.63. The van der Waals surface area contributed by atoms with Gasteiger partial charge in [-0.15, -0.1) is 0 Å². The van der Waals surface area contributed by atoms with Crippen molar-refractivity contribution in [1.82, 2.24) is 9.88 Å². The van der Waals surface area contributed by atoms with Crippen LogP contribution in [0.2, 0.25) is 0 Å². The number of aromatic amines is 1. The van der Waals surface area contributed by atoms with Crippen molar-refractivity contribution in [3.05, 3.63) is 17.8 Å². The number of hydrogen-bond acceptors (Lipinski definition) is 2. The lowest BCUT2D eigenvalue weighted by atomic mass is 9.91. The number of unbranched alkanes of at least 4 members (excludes halogenated alkanes) is 1. The highest BCUT2D eigenvalue weighted by atomic mass is 16.5. The third-order valence-electron chi connectivity index (χ3n) is 4.03. The zero-order valence-corrected chi connectivity index (χ0v) is 12.5. The van der Waals surface area contributed by atoms with Crippen LogP contribution in [0.1, 0.15) is 57.4 Å². The third-order valence-corrected chi connectivity index (χ3v) is 4.03. The maximum absolute atomic E-state index is 5.63. The number of hydrogen-bond donors (Lipinski definition) is 1. The number of nitrogens with zero attached hydrogens (tertiary/aromatic N) is 1. The lowest BCUT2D eigenvalue weighted by molar-refractivity contribution is 0.209. The van der Waals surface area contributed by atoms with Crippen LogP contribution in [-0.2, 0) is 0 Å². The molecule has 1 N–H and O–H groups in total. The van der Waals surface area contributed by atoms with Gasteiger partial charge in [0.25, 0.3) is 0 Å². The van der Waals surface area contributed by atoms with Crippen LogP contribution in [0.3, 0.4) is 0 Å². The summed E-state index contributed by atoms with van der Waals surface area (Å²) in [6.07, 6.45) is 8.41. The lowest BCUT2D eigenvalue weighted by Crippen LogP contribution is -2.33. The summed E-state index contributed by atoms with van der Waals surface area (Å²) in [5, 5.41) is 0. The molecule has 0 unspecified atom stereocenters. The fraction of sp³-hybridized carbons (Fsp3) is 0.750. The van der Waals surface area contributed by atoms with E-state index in [1.165, 1.54) is 50.9 Å². The number of likely N-dealkylation sites (tertiary alicyclic amines) is 1. The first-order valence-electron chi connectivity index (χ1n) is 7.87. The number of piperidine rings is 1. The highest BCUT2D eigenvalue weighted by Gasteiger charge is 2.21. The van der Waals surface area contributed by atoms with E-state index < -0.39 is 0 Å². The fourth-order valence-electron chi connectivity index (χ4n) is 2.79. The van der Waals surface area contributed by atoms with Crippen molar-refractivity contribution >= 4 is 0 Å². The number of rotatable bonds is 7. The Morgan fingerprint density at radius 2 is 2.05 bits per heavy atom. The fourth-order valence-corrected chi connectivity index (χ4v) is 2.79. The van der Waals surface area contributed by atoms with E-state index in [9.17, 15) is 0 Å². The predicted molar refractivity (Wildman–Crippen MR) is 79.9 cm³/mol. The van der Waals surface area contributed by atoms with Gasteiger partial charge < -0.3 is 14.6 Å². The molecule has 0 amide bonds. The summed E-state index contributed by atoms with van der Waals surface area (Å²) in [5.74, 6) is 1.65. The Hall–Kier alpha value is -0.960. The molecule has 0 atom stereocenters. The van der Waals surface area contributed by atoms with Gasteiger partial charge in [-0.05, 0) is 56.8 Å². The van der Waals surface area contributed by atoms with Crippen molar-refractivity contribution in [3.63, 3.8) is 0 Å². The van der Waals surface area contributed by atoms with Gasteiger partial charge in [0.2, 0.25) is 0 Å². The summed E-state index contributed by atoms with van der Waals surface area (Å²) in [4.78, 5) is 5.86. The van der Waals surface area contributed by atoms with Crippen molar-refractivity contribution < 1.29 is 4.74 Å². The van der Waals surface area contributed by atoms with Crippen LogP contribution in [-0.4, -0.2) is 36.1 Å². The Kier molecular flexibility index (Phi) is 5.77. The zero-order valence-electron chi connectivity index (χ0n) is 12.5. The van der Waals surface area contributed by atoms with Crippen molar-refractivity contribution in [2.75, 3.05) is 26.2 Å². The molecular weight excluding hydrogens is 236 g/mol. The van der Waals surface area contributed by atoms with Crippen LogP contribution >= 0.6 is 0 Å². The molecule has 0 radical (unpaired) electrons. The van der Waals surface area contributed by atoms with E-state index in [-0.39, 0.29) is 0 Å². The van der Waals surface area contributed by atoms with E-state index in [0.717, 1.165) is 18.9 Å². The molecule has 0 spiro atoms. The Labute approximate surface area is 117 Å². The van der Waals surface area contributed by atoms with Crippen molar-refractivity contribution in [2.45, 2.75) is 51.9 Å². The van der Waals surface area contributed by atoms with Gasteiger partial charge in [0, 0.05) is 12.3 Å². The summed E-state index contributed by atoms with van der Waals surface area (Å²) >= 11 is 0. The second-order valence-corrected chi connectivity index (χ2v) is 5.62. The molecule has 3 heteroatoms. The van der Waals surface area contributed by atoms with Gasteiger partial charge in [-0.1, -0.05) is 20.3 Å². The van der Waals surface area contributed by atoms with E-state index in [0.29, 0.717) is 5.92 Å². The minimum Gasteiger partial charge on any atom is -0.479 e. The van der Waals surface area contributed by atoms with Crippen LogP contribution < -0.4 is 4.74 Å². The molecule has 108 valence electrons. The Morgan fingerprint density at radius 1 is 1.26 bits per heavy atom. The van der Waals surface area contributed by atoms with E-state index in [2.05, 4.69) is 36.0 Å². The Morgan fingerprint density at radius 3 is 2.74 bits per heavy atom. The van der Waals surface area contributed by atoms with Crippen LogP contribution in [0.25, 0.3) is 0 Å². The second kappa shape index (κ2) is 7.59. The van der Waals surface area contributed by atoms with E-state index in [4.69, 9.17) is 4.74 Å². The molecule has 0 saturated carbocycles. The number of H-pyrrole nitrogens is 1. The molecule has 1 aromatic heterocycles. The molecule has 1 aliphatic heterocycles. The van der Waals surface area contributed by atoms with Gasteiger partial charge >= 0.3 is 0 Å². The average molecular weight is 264 g/mol. The standard InChI is InChI=1S/C16H28N2O/c1-3-5-8-18-9-6-14(7-10-18)15-12-16(17-13-15)19-11-4-2/h12-14,17H,3-11H2,1-2H3. The zero-order chi connectivity index (χ0) is 13.5. The molecule has 0 aliphatic carbocycles. The average Bonchev–Trinajstić information content (AvgIpc) is 2.92. The molecule has 1 fully saturated rings. The van der Waals surface area contributed by atoms with Crippen LogP contribution in [0, 0.1) is 0 Å². The highest BCUT2D eigenvalue weighted by molar-refractivity contribution is 5.25. The topological polar surface area (TPSA) is 28.3 Å². The first-order valence-corrected chi connectivity index (χ1v) is 7.87. The van der Waals surface area contributed by atoms with Crippen molar-refractivity contribution in [3.8, 4) is 5.88 Å². The SMILES string of the molecule is CCCCN1CCC(c2c[nH]c(OCCC)c2)CC1. The second-order valence-electron chi connectivity index (χ2n) is 5.62. The number of nitrogens with one attached hydrogen (secondary N) is 1. The normalized spacial score (nSPS) is 17.8. The minimum absolute atomic E-state index is 0.716. The summed E-state index contributed by atoms with van der Waals surface area (Å²) in [6.45, 7) is 8.99. The van der Waals surface area contributed by atoms with E-state index in [1.807, 2.05) is 0 Å². The molecule has 0 aromatic carbocycles. The first kappa shape index (κ1) is 14.4. The number of ether oxygens (including phenoxy) is 1. The van der Waals surface area contributed by atoms with Crippen LogP contribution in [0.4, 0.5) is 0 Å². The van der Waals surface area contributed by atoms with Crippen molar-refractivity contribution in [2.24, 2.45) is 0 Å². The summed E-state index contributed by atoms with van der Waals surface area (Å²) in [5.41, 5.74) is 1.43. The molecule has 3 nitrogen and oxygen atoms in total. The largest absolute Gasteiger partial charge is 0.479 e. The summed E-state index contributed by atoms with van der Waals surface area (Å²) in [6, 6.07) is 2.20. The summed E-state index contributed by atoms with van der Waals surface area (Å²) in [7, 11) is 0. The highest BCUT2D eigenvalue weighted by Crippen LogP contribution is 2.30. The minimum atomic E-state index is 0.716. The predicted octanol–water partition coefficient (Wildman–Crippen LogP) is 3.78. The lowest BCUT2D eigenvalue weighted by Gasteiger charge is -2.31. The van der Waals surface area contributed by atoms with Gasteiger partial charge in [0.05, 0.1) is 6.61 Å². The maximum atomic E-state index is 5.63. The Balaban J connectivity index is 1.78. The van der Waals surface area contributed by atoms with Gasteiger partial charge in [0.1, 0.15) is 0 Å². The molecule has 0 bridgehead atoms. The maximum Gasteiger partial charge on any atom is 0.190 e. The van der Waals surface area contributed by atoms with Gasteiger partial charge in [-0.25, -0.2) is 0 Å². The first-order chi connectivity index (χ1) is 9.33. The van der Waals surface area contributed by atoms with E-state index in [1.54, 1.807) is 0 Å². The molecule has 1 aromatic rings. The van der Waals surface area contributed by atoms with Gasteiger partial charge in [-0.2, -0.15) is 0 Å². The van der Waals surface area contributed by atoms with E-state index >= 15 is 0 Å². The van der Waals surface area contributed by atoms with Gasteiger partial charge in [0.15, 0.2) is 5.88 Å². The third kappa shape index (κ3) is 4.27. The molecule has 1 aliphatic rings. The van der Waals surface area contributed by atoms with Crippen LogP contribution in [0.5, 0.6) is 5.88 Å². The molecule has 2 rings (SSSR count). The van der Waals surface area contributed by atoms with Gasteiger partial charge in [-0.3, -0.25) is 0 Å². The van der Waals surface area contributed by atoms with Crippen molar-refractivity contribution in [1.29, 1.82) is 0 Å². The molecule has 19 heavy (non-hydrogen) atoms.